The molecule has 0 aromatic carbocycles. The van der Waals surface area contributed by atoms with Gasteiger partial charge in [-0.3, -0.25) is 4.68 Å². The van der Waals surface area contributed by atoms with Crippen LogP contribution < -0.4 is 0 Å². The maximum atomic E-state index is 5.94. The van der Waals surface area contributed by atoms with Crippen molar-refractivity contribution in [2.75, 3.05) is 13.2 Å². The van der Waals surface area contributed by atoms with Crippen LogP contribution in [0.3, 0.4) is 0 Å². The summed E-state index contributed by atoms with van der Waals surface area (Å²) in [6.45, 7) is 3.89. The largest absolute Gasteiger partial charge is 0.348 e. The molecule has 4 nitrogen and oxygen atoms in total. The zero-order valence-electron chi connectivity index (χ0n) is 12.1. The molecule has 0 bridgehead atoms. The highest BCUT2D eigenvalue weighted by Gasteiger charge is 2.53. The number of aryl methyl sites for hydroxylation is 1. The van der Waals surface area contributed by atoms with Gasteiger partial charge >= 0.3 is 0 Å². The Morgan fingerprint density at radius 3 is 2.80 bits per heavy atom. The third-order valence-electron chi connectivity index (χ3n) is 5.65. The SMILES string of the molecule is Cn1nc2c(c1Br)CC[C@H]1CC3(CC[C@]21C)OCCO3. The number of aromatic nitrogens is 2. The van der Waals surface area contributed by atoms with Crippen LogP contribution in [0.15, 0.2) is 4.60 Å². The molecule has 1 saturated carbocycles. The molecule has 3 aliphatic rings. The Morgan fingerprint density at radius 2 is 2.05 bits per heavy atom. The van der Waals surface area contributed by atoms with Crippen molar-refractivity contribution in [3.8, 4) is 0 Å². The van der Waals surface area contributed by atoms with E-state index >= 15 is 0 Å². The number of nitrogens with zero attached hydrogens (tertiary/aromatic N) is 2. The molecule has 1 spiro atoms. The lowest BCUT2D eigenvalue weighted by molar-refractivity contribution is -0.199. The second-order valence-corrected chi connectivity index (χ2v) is 7.46. The van der Waals surface area contributed by atoms with Gasteiger partial charge in [-0.05, 0) is 41.1 Å². The van der Waals surface area contributed by atoms with E-state index in [2.05, 4.69) is 22.9 Å². The molecule has 4 rings (SSSR count). The normalized spacial score (nSPS) is 35.0. The number of hydrogen-bond acceptors (Lipinski definition) is 3. The average molecular weight is 341 g/mol. The second-order valence-electron chi connectivity index (χ2n) is 6.71. The summed E-state index contributed by atoms with van der Waals surface area (Å²) >= 11 is 3.69. The van der Waals surface area contributed by atoms with E-state index in [1.165, 1.54) is 17.7 Å². The first kappa shape index (κ1) is 13.3. The summed E-state index contributed by atoms with van der Waals surface area (Å²) in [6.07, 6.45) is 5.45. The molecule has 1 saturated heterocycles. The first-order valence-electron chi connectivity index (χ1n) is 7.54. The maximum Gasteiger partial charge on any atom is 0.168 e. The first-order valence-corrected chi connectivity index (χ1v) is 8.33. The van der Waals surface area contributed by atoms with Crippen LogP contribution in [0.25, 0.3) is 0 Å². The smallest absolute Gasteiger partial charge is 0.168 e. The van der Waals surface area contributed by atoms with Crippen LogP contribution in [0.4, 0.5) is 0 Å². The number of fused-ring (bicyclic) bond motifs is 3. The predicted molar refractivity (Wildman–Crippen MR) is 78.6 cm³/mol. The number of rotatable bonds is 0. The predicted octanol–water partition coefficient (Wildman–Crippen LogP) is 2.93. The van der Waals surface area contributed by atoms with Crippen molar-refractivity contribution in [3.63, 3.8) is 0 Å². The molecule has 5 heteroatoms. The summed E-state index contributed by atoms with van der Waals surface area (Å²) in [5, 5.41) is 4.81. The lowest BCUT2D eigenvalue weighted by Crippen LogP contribution is -2.49. The highest BCUT2D eigenvalue weighted by molar-refractivity contribution is 9.10. The van der Waals surface area contributed by atoms with Gasteiger partial charge < -0.3 is 9.47 Å². The summed E-state index contributed by atoms with van der Waals surface area (Å²) in [5.41, 5.74) is 2.89. The summed E-state index contributed by atoms with van der Waals surface area (Å²) in [7, 11) is 2.02. The molecule has 20 heavy (non-hydrogen) atoms. The van der Waals surface area contributed by atoms with E-state index in [1.807, 2.05) is 11.7 Å². The van der Waals surface area contributed by atoms with E-state index in [1.54, 1.807) is 0 Å². The van der Waals surface area contributed by atoms with Crippen LogP contribution >= 0.6 is 15.9 Å². The monoisotopic (exact) mass is 340 g/mol. The molecule has 1 aliphatic heterocycles. The van der Waals surface area contributed by atoms with Crippen molar-refractivity contribution < 1.29 is 9.47 Å². The topological polar surface area (TPSA) is 36.3 Å². The van der Waals surface area contributed by atoms with Gasteiger partial charge in [0, 0.05) is 30.9 Å². The van der Waals surface area contributed by atoms with E-state index in [4.69, 9.17) is 14.6 Å². The minimum atomic E-state index is -0.284. The fourth-order valence-electron chi connectivity index (χ4n) is 4.39. The summed E-state index contributed by atoms with van der Waals surface area (Å²) in [4.78, 5) is 0. The van der Waals surface area contributed by atoms with Gasteiger partial charge in [-0.1, -0.05) is 6.92 Å². The fourth-order valence-corrected chi connectivity index (χ4v) is 4.86. The third-order valence-corrected chi connectivity index (χ3v) is 6.64. The zero-order chi connectivity index (χ0) is 14.0. The Kier molecular flexibility index (Phi) is 2.86. The van der Waals surface area contributed by atoms with Crippen molar-refractivity contribution in [1.82, 2.24) is 9.78 Å². The first-order chi connectivity index (χ1) is 9.54. The lowest BCUT2D eigenvalue weighted by atomic mass is 9.59. The Labute approximate surface area is 127 Å². The van der Waals surface area contributed by atoms with Gasteiger partial charge in [-0.15, -0.1) is 0 Å². The van der Waals surface area contributed by atoms with E-state index in [0.29, 0.717) is 5.92 Å². The Bertz CT molecular complexity index is 550. The molecule has 0 radical (unpaired) electrons. The van der Waals surface area contributed by atoms with E-state index < -0.39 is 0 Å². The molecule has 2 atom stereocenters. The zero-order valence-corrected chi connectivity index (χ0v) is 13.7. The van der Waals surface area contributed by atoms with Crippen molar-refractivity contribution in [1.29, 1.82) is 0 Å². The standard InChI is InChI=1S/C15H21BrN2O2/c1-14-5-6-15(19-7-8-20-15)9-10(14)3-4-11-12(14)17-18(2)13(11)16/h10H,3-9H2,1-2H3/t10-,14-/m0/s1. The minimum Gasteiger partial charge on any atom is -0.348 e. The highest BCUT2D eigenvalue weighted by atomic mass is 79.9. The Hall–Kier alpha value is -0.390. The minimum absolute atomic E-state index is 0.178. The second kappa shape index (κ2) is 4.31. The molecular formula is C15H21BrN2O2. The van der Waals surface area contributed by atoms with Gasteiger partial charge in [0.1, 0.15) is 4.60 Å². The number of hydrogen-bond donors (Lipinski definition) is 0. The van der Waals surface area contributed by atoms with Gasteiger partial charge in [-0.25, -0.2) is 0 Å². The van der Waals surface area contributed by atoms with Crippen LogP contribution in [0.5, 0.6) is 0 Å². The molecule has 110 valence electrons. The number of halogens is 1. The van der Waals surface area contributed by atoms with E-state index in [9.17, 15) is 0 Å². The summed E-state index contributed by atoms with van der Waals surface area (Å²) in [6, 6.07) is 0. The highest BCUT2D eigenvalue weighted by Crippen LogP contribution is 2.54. The van der Waals surface area contributed by atoms with Crippen molar-refractivity contribution in [2.45, 2.75) is 50.2 Å². The fraction of sp³-hybridized carbons (Fsp3) is 0.800. The molecule has 0 N–H and O–H groups in total. The Balaban J connectivity index is 1.71. The molecule has 1 aromatic heterocycles. The van der Waals surface area contributed by atoms with Crippen molar-refractivity contribution in [3.05, 3.63) is 15.9 Å². The van der Waals surface area contributed by atoms with Gasteiger partial charge in [0.2, 0.25) is 0 Å². The van der Waals surface area contributed by atoms with Crippen LogP contribution in [0, 0.1) is 5.92 Å². The lowest BCUT2D eigenvalue weighted by Gasteiger charge is -2.49. The summed E-state index contributed by atoms with van der Waals surface area (Å²) < 4.78 is 15.0. The van der Waals surface area contributed by atoms with Crippen molar-refractivity contribution in [2.24, 2.45) is 13.0 Å². The molecular weight excluding hydrogens is 320 g/mol. The number of ether oxygens (including phenoxy) is 2. The van der Waals surface area contributed by atoms with Gasteiger partial charge in [0.15, 0.2) is 5.79 Å². The molecule has 0 amide bonds. The Morgan fingerprint density at radius 1 is 1.30 bits per heavy atom. The van der Waals surface area contributed by atoms with Crippen LogP contribution in [-0.4, -0.2) is 28.8 Å². The van der Waals surface area contributed by atoms with Crippen LogP contribution in [0.2, 0.25) is 0 Å². The van der Waals surface area contributed by atoms with Gasteiger partial charge in [-0.2, -0.15) is 5.10 Å². The van der Waals surface area contributed by atoms with E-state index in [-0.39, 0.29) is 11.2 Å². The third kappa shape index (κ3) is 1.69. The maximum absolute atomic E-state index is 5.94. The average Bonchev–Trinajstić information content (AvgIpc) is 2.99. The van der Waals surface area contributed by atoms with Gasteiger partial charge in [0.05, 0.1) is 18.9 Å². The van der Waals surface area contributed by atoms with Crippen LogP contribution in [-0.2, 0) is 28.4 Å². The van der Waals surface area contributed by atoms with Crippen molar-refractivity contribution >= 4 is 15.9 Å². The molecule has 2 aliphatic carbocycles. The molecule has 0 unspecified atom stereocenters. The molecule has 1 aromatic rings. The molecule has 2 heterocycles. The van der Waals surface area contributed by atoms with Gasteiger partial charge in [0.25, 0.3) is 0 Å². The van der Waals surface area contributed by atoms with E-state index in [0.717, 1.165) is 43.5 Å². The van der Waals surface area contributed by atoms with Crippen LogP contribution in [0.1, 0.15) is 43.9 Å². The molecule has 2 fully saturated rings. The summed E-state index contributed by atoms with van der Waals surface area (Å²) in [5.74, 6) is 0.330. The quantitative estimate of drug-likeness (QED) is 0.728.